The molecule has 0 radical (unpaired) electrons. The number of carbonyl (C=O) groups excluding carboxylic acids is 2. The van der Waals surface area contributed by atoms with Crippen LogP contribution in [0.2, 0.25) is 0 Å². The van der Waals surface area contributed by atoms with Gasteiger partial charge >= 0.3 is 0 Å². The zero-order valence-electron chi connectivity index (χ0n) is 14.4. The molecule has 2 amide bonds. The standard InChI is InChI=1S/C19H21N3O2S/c1-3-18(23)21(2)13-19(24)22-16(14-8-5-4-6-9-14)12-15(20-22)17-10-7-11-25-17/h4-11,16H,3,12-13H2,1-2H3/t16-/m0/s1. The van der Waals surface area contributed by atoms with E-state index in [4.69, 9.17) is 0 Å². The van der Waals surface area contributed by atoms with E-state index < -0.39 is 0 Å². The van der Waals surface area contributed by atoms with Crippen LogP contribution in [0.1, 0.15) is 36.2 Å². The predicted molar refractivity (Wildman–Crippen MR) is 99.4 cm³/mol. The van der Waals surface area contributed by atoms with Gasteiger partial charge in [-0.25, -0.2) is 5.01 Å². The molecular formula is C19H21N3O2S. The summed E-state index contributed by atoms with van der Waals surface area (Å²) in [6.07, 6.45) is 1.07. The number of hydrazone groups is 1. The summed E-state index contributed by atoms with van der Waals surface area (Å²) in [6.45, 7) is 1.83. The monoisotopic (exact) mass is 355 g/mol. The molecule has 1 aromatic heterocycles. The van der Waals surface area contributed by atoms with Crippen molar-refractivity contribution in [3.63, 3.8) is 0 Å². The summed E-state index contributed by atoms with van der Waals surface area (Å²) in [6, 6.07) is 13.8. The molecule has 0 unspecified atom stereocenters. The van der Waals surface area contributed by atoms with Crippen molar-refractivity contribution in [2.45, 2.75) is 25.8 Å². The lowest BCUT2D eigenvalue weighted by atomic mass is 10.0. The number of hydrogen-bond donors (Lipinski definition) is 0. The van der Waals surface area contributed by atoms with Crippen LogP contribution in [0.4, 0.5) is 0 Å². The molecule has 3 rings (SSSR count). The van der Waals surface area contributed by atoms with E-state index in [-0.39, 0.29) is 24.4 Å². The SMILES string of the molecule is CCC(=O)N(C)CC(=O)N1N=C(c2cccs2)C[C@H]1c1ccccc1. The van der Waals surface area contributed by atoms with Crippen molar-refractivity contribution in [3.05, 3.63) is 58.3 Å². The average molecular weight is 355 g/mol. The van der Waals surface area contributed by atoms with Gasteiger partial charge in [0.25, 0.3) is 5.91 Å². The van der Waals surface area contributed by atoms with Gasteiger partial charge in [0.2, 0.25) is 5.91 Å². The number of amides is 2. The topological polar surface area (TPSA) is 53.0 Å². The number of likely N-dealkylation sites (N-methyl/N-ethyl adjacent to an activating group) is 1. The smallest absolute Gasteiger partial charge is 0.262 e. The number of nitrogens with zero attached hydrogens (tertiary/aromatic N) is 3. The summed E-state index contributed by atoms with van der Waals surface area (Å²) in [5, 5.41) is 8.15. The number of rotatable bonds is 5. The maximum absolute atomic E-state index is 12.8. The zero-order valence-corrected chi connectivity index (χ0v) is 15.2. The molecule has 0 fully saturated rings. The van der Waals surface area contributed by atoms with Gasteiger partial charge in [-0.2, -0.15) is 5.10 Å². The molecule has 0 saturated heterocycles. The molecular weight excluding hydrogens is 334 g/mol. The number of thiophene rings is 1. The normalized spacial score (nSPS) is 16.6. The molecule has 0 aliphatic carbocycles. The van der Waals surface area contributed by atoms with Crippen LogP contribution >= 0.6 is 11.3 Å². The lowest BCUT2D eigenvalue weighted by Crippen LogP contribution is -2.38. The van der Waals surface area contributed by atoms with Gasteiger partial charge in [0, 0.05) is 19.9 Å². The van der Waals surface area contributed by atoms with Gasteiger partial charge in [0.05, 0.1) is 16.6 Å². The molecule has 1 aliphatic heterocycles. The third kappa shape index (κ3) is 3.79. The highest BCUT2D eigenvalue weighted by Gasteiger charge is 2.33. The molecule has 5 nitrogen and oxygen atoms in total. The Morgan fingerprint density at radius 3 is 2.64 bits per heavy atom. The van der Waals surface area contributed by atoms with Crippen LogP contribution < -0.4 is 0 Å². The van der Waals surface area contributed by atoms with Gasteiger partial charge in [-0.15, -0.1) is 11.3 Å². The van der Waals surface area contributed by atoms with Gasteiger partial charge in [-0.3, -0.25) is 9.59 Å². The van der Waals surface area contributed by atoms with E-state index >= 15 is 0 Å². The zero-order chi connectivity index (χ0) is 17.8. The van der Waals surface area contributed by atoms with Gasteiger partial charge in [-0.05, 0) is 17.0 Å². The molecule has 2 aromatic rings. The Morgan fingerprint density at radius 1 is 1.24 bits per heavy atom. The summed E-state index contributed by atoms with van der Waals surface area (Å²) in [5.41, 5.74) is 1.97. The van der Waals surface area contributed by atoms with Crippen LogP contribution in [-0.2, 0) is 9.59 Å². The van der Waals surface area contributed by atoms with E-state index in [9.17, 15) is 9.59 Å². The van der Waals surface area contributed by atoms with Crippen molar-refractivity contribution in [2.24, 2.45) is 5.10 Å². The molecule has 0 spiro atoms. The van der Waals surface area contributed by atoms with Crippen LogP contribution in [0, 0.1) is 0 Å². The summed E-state index contributed by atoms with van der Waals surface area (Å²) in [5.74, 6) is -0.212. The van der Waals surface area contributed by atoms with Crippen molar-refractivity contribution < 1.29 is 9.59 Å². The second kappa shape index (κ2) is 7.61. The minimum atomic E-state index is -0.162. The fourth-order valence-corrected chi connectivity index (χ4v) is 3.62. The minimum Gasteiger partial charge on any atom is -0.336 e. The summed E-state index contributed by atoms with van der Waals surface area (Å²) in [7, 11) is 1.65. The fraction of sp³-hybridized carbons (Fsp3) is 0.316. The molecule has 1 aliphatic rings. The highest BCUT2D eigenvalue weighted by atomic mass is 32.1. The molecule has 1 aromatic carbocycles. The molecule has 6 heteroatoms. The van der Waals surface area contributed by atoms with E-state index in [2.05, 4.69) is 5.10 Å². The van der Waals surface area contributed by atoms with Crippen LogP contribution in [0.5, 0.6) is 0 Å². The molecule has 0 saturated carbocycles. The first kappa shape index (κ1) is 17.4. The number of hydrogen-bond acceptors (Lipinski definition) is 4. The maximum atomic E-state index is 12.8. The van der Waals surface area contributed by atoms with E-state index in [1.807, 2.05) is 47.8 Å². The lowest BCUT2D eigenvalue weighted by molar-refractivity contribution is -0.140. The average Bonchev–Trinajstić information content (AvgIpc) is 3.31. The first-order chi connectivity index (χ1) is 12.1. The van der Waals surface area contributed by atoms with E-state index in [0.717, 1.165) is 16.2 Å². The van der Waals surface area contributed by atoms with E-state index in [1.54, 1.807) is 30.3 Å². The van der Waals surface area contributed by atoms with Crippen LogP contribution in [0.15, 0.2) is 52.9 Å². The van der Waals surface area contributed by atoms with Crippen LogP contribution in [-0.4, -0.2) is 41.0 Å². The summed E-state index contributed by atoms with van der Waals surface area (Å²) < 4.78 is 0. The minimum absolute atomic E-state index is 0.0389. The van der Waals surface area contributed by atoms with E-state index in [1.165, 1.54) is 4.90 Å². The van der Waals surface area contributed by atoms with Crippen LogP contribution in [0.3, 0.4) is 0 Å². The van der Waals surface area contributed by atoms with Gasteiger partial charge in [0.15, 0.2) is 0 Å². The largest absolute Gasteiger partial charge is 0.336 e. The molecule has 0 N–H and O–H groups in total. The first-order valence-corrected chi connectivity index (χ1v) is 9.20. The van der Waals surface area contributed by atoms with Gasteiger partial charge in [0.1, 0.15) is 6.54 Å². The molecule has 1 atom stereocenters. The molecule has 2 heterocycles. The van der Waals surface area contributed by atoms with Crippen LogP contribution in [0.25, 0.3) is 0 Å². The number of carbonyl (C=O) groups is 2. The Balaban J connectivity index is 1.85. The fourth-order valence-electron chi connectivity index (χ4n) is 2.90. The maximum Gasteiger partial charge on any atom is 0.262 e. The third-order valence-electron chi connectivity index (χ3n) is 4.26. The summed E-state index contributed by atoms with van der Waals surface area (Å²) >= 11 is 1.62. The molecule has 130 valence electrons. The lowest BCUT2D eigenvalue weighted by Gasteiger charge is -2.24. The van der Waals surface area contributed by atoms with Crippen molar-refractivity contribution >= 4 is 28.9 Å². The van der Waals surface area contributed by atoms with Crippen molar-refractivity contribution in [1.29, 1.82) is 0 Å². The van der Waals surface area contributed by atoms with Crippen molar-refractivity contribution in [3.8, 4) is 0 Å². The van der Waals surface area contributed by atoms with Crippen molar-refractivity contribution in [1.82, 2.24) is 9.91 Å². The second-order valence-corrected chi connectivity index (χ2v) is 6.94. The Morgan fingerprint density at radius 2 is 2.00 bits per heavy atom. The number of benzene rings is 1. The molecule has 25 heavy (non-hydrogen) atoms. The highest BCUT2D eigenvalue weighted by Crippen LogP contribution is 2.33. The predicted octanol–water partition coefficient (Wildman–Crippen LogP) is 3.29. The van der Waals surface area contributed by atoms with Gasteiger partial charge in [-0.1, -0.05) is 43.3 Å². The Bertz CT molecular complexity index is 771. The summed E-state index contributed by atoms with van der Waals surface area (Å²) in [4.78, 5) is 27.1. The molecule has 0 bridgehead atoms. The second-order valence-electron chi connectivity index (χ2n) is 6.00. The van der Waals surface area contributed by atoms with Crippen molar-refractivity contribution in [2.75, 3.05) is 13.6 Å². The van der Waals surface area contributed by atoms with E-state index in [0.29, 0.717) is 12.8 Å². The van der Waals surface area contributed by atoms with Gasteiger partial charge < -0.3 is 4.90 Å². The Kier molecular flexibility index (Phi) is 5.28. The highest BCUT2D eigenvalue weighted by molar-refractivity contribution is 7.12. The first-order valence-electron chi connectivity index (χ1n) is 8.32. The Hall–Kier alpha value is -2.47. The Labute approximate surface area is 151 Å². The third-order valence-corrected chi connectivity index (χ3v) is 5.18. The quantitative estimate of drug-likeness (QED) is 0.826.